The van der Waals surface area contributed by atoms with Crippen molar-refractivity contribution in [3.05, 3.63) is 23.0 Å². The lowest BCUT2D eigenvalue weighted by Gasteiger charge is -2.39. The third-order valence-electron chi connectivity index (χ3n) is 6.89. The van der Waals surface area contributed by atoms with Crippen molar-refractivity contribution in [2.75, 3.05) is 45.9 Å². The molecule has 0 radical (unpaired) electrons. The molecule has 1 aliphatic carbocycles. The van der Waals surface area contributed by atoms with Crippen LogP contribution in [-0.2, 0) is 14.3 Å². The zero-order valence-corrected chi connectivity index (χ0v) is 21.1. The summed E-state index contributed by atoms with van der Waals surface area (Å²) in [6.07, 6.45) is 3.49. The Balaban J connectivity index is 1.47. The number of rotatable bonds is 4. The van der Waals surface area contributed by atoms with Crippen LogP contribution in [0.5, 0.6) is 0 Å². The standard InChI is InChI=1S/C23H34BrF2N5O3/c1-14-11-31(5-6-34-14)22(33)18-7-16(24)8-19(27)20(18)29-17-3-2-4-30(12-17)21(32)15-9-23(25,26)13-28-10-15/h8,14-17,28-29H,2-7,9-13,27H2,1H3/t14-,15?,16?,17-/m1/s1. The molecule has 8 nitrogen and oxygen atoms in total. The van der Waals surface area contributed by atoms with Gasteiger partial charge in [0.2, 0.25) is 5.91 Å². The first-order chi connectivity index (χ1) is 16.1. The molecule has 0 aromatic carbocycles. The molecule has 190 valence electrons. The molecule has 3 fully saturated rings. The highest BCUT2D eigenvalue weighted by Gasteiger charge is 2.41. The van der Waals surface area contributed by atoms with E-state index in [-0.39, 0.29) is 41.9 Å². The van der Waals surface area contributed by atoms with Gasteiger partial charge in [0.05, 0.1) is 36.6 Å². The van der Waals surface area contributed by atoms with Crippen LogP contribution in [0.1, 0.15) is 32.6 Å². The van der Waals surface area contributed by atoms with Gasteiger partial charge in [-0.25, -0.2) is 8.78 Å². The van der Waals surface area contributed by atoms with Crippen molar-refractivity contribution < 1.29 is 23.1 Å². The second-order valence-corrected chi connectivity index (χ2v) is 11.0. The van der Waals surface area contributed by atoms with Crippen molar-refractivity contribution in [1.82, 2.24) is 20.4 Å². The third kappa shape index (κ3) is 5.91. The van der Waals surface area contributed by atoms with E-state index in [0.717, 1.165) is 12.8 Å². The number of allylic oxidation sites excluding steroid dienone is 1. The maximum Gasteiger partial charge on any atom is 0.261 e. The average molecular weight is 546 g/mol. The van der Waals surface area contributed by atoms with Crippen LogP contribution < -0.4 is 16.4 Å². The molecule has 0 bridgehead atoms. The zero-order chi connectivity index (χ0) is 24.5. The summed E-state index contributed by atoms with van der Waals surface area (Å²) in [6, 6.07) is -0.116. The van der Waals surface area contributed by atoms with E-state index in [9.17, 15) is 18.4 Å². The fourth-order valence-corrected chi connectivity index (χ4v) is 5.84. The molecule has 0 aromatic rings. The van der Waals surface area contributed by atoms with Crippen molar-refractivity contribution in [3.63, 3.8) is 0 Å². The van der Waals surface area contributed by atoms with E-state index in [0.29, 0.717) is 56.2 Å². The summed E-state index contributed by atoms with van der Waals surface area (Å²) in [4.78, 5) is 29.8. The number of alkyl halides is 3. The van der Waals surface area contributed by atoms with Crippen LogP contribution in [0.4, 0.5) is 8.78 Å². The molecule has 4 N–H and O–H groups in total. The highest BCUT2D eigenvalue weighted by Crippen LogP contribution is 2.30. The number of carbonyl (C=O) groups excluding carboxylic acids is 2. The summed E-state index contributed by atoms with van der Waals surface area (Å²) in [6.45, 7) is 4.33. The minimum atomic E-state index is -2.86. The maximum absolute atomic E-state index is 13.8. The molecule has 0 spiro atoms. The average Bonchev–Trinajstić information content (AvgIpc) is 2.79. The van der Waals surface area contributed by atoms with Crippen molar-refractivity contribution in [2.24, 2.45) is 11.7 Å². The van der Waals surface area contributed by atoms with Crippen molar-refractivity contribution in [3.8, 4) is 0 Å². The van der Waals surface area contributed by atoms with Gasteiger partial charge in [0, 0.05) is 55.6 Å². The predicted molar refractivity (Wildman–Crippen MR) is 127 cm³/mol. The number of likely N-dealkylation sites (tertiary alicyclic amines) is 1. The monoisotopic (exact) mass is 545 g/mol. The maximum atomic E-state index is 13.8. The summed E-state index contributed by atoms with van der Waals surface area (Å²) >= 11 is 3.57. The molecule has 3 saturated heterocycles. The molecule has 3 heterocycles. The number of nitrogens with one attached hydrogen (secondary N) is 2. The summed E-state index contributed by atoms with van der Waals surface area (Å²) in [5.74, 6) is -3.89. The summed E-state index contributed by atoms with van der Waals surface area (Å²) in [5, 5.41) is 6.13. The number of piperidine rings is 2. The Morgan fingerprint density at radius 3 is 2.82 bits per heavy atom. The smallest absolute Gasteiger partial charge is 0.261 e. The first kappa shape index (κ1) is 25.4. The summed E-state index contributed by atoms with van der Waals surface area (Å²) in [5.41, 5.74) is 8.09. The molecule has 34 heavy (non-hydrogen) atoms. The van der Waals surface area contributed by atoms with Gasteiger partial charge in [0.1, 0.15) is 0 Å². The summed E-state index contributed by atoms with van der Waals surface area (Å²) in [7, 11) is 0. The highest BCUT2D eigenvalue weighted by atomic mass is 79.9. The number of ether oxygens (including phenoxy) is 1. The normalized spacial score (nSPS) is 32.3. The van der Waals surface area contributed by atoms with Crippen LogP contribution in [0.25, 0.3) is 0 Å². The van der Waals surface area contributed by atoms with E-state index < -0.39 is 18.3 Å². The number of morpholine rings is 1. The fraction of sp³-hybridized carbons (Fsp3) is 0.739. The molecule has 4 atom stereocenters. The topological polar surface area (TPSA) is 99.9 Å². The number of nitrogens with two attached hydrogens (primary N) is 1. The van der Waals surface area contributed by atoms with Gasteiger partial charge in [-0.2, -0.15) is 0 Å². The lowest BCUT2D eigenvalue weighted by Crippen LogP contribution is -2.54. The van der Waals surface area contributed by atoms with Crippen LogP contribution in [-0.4, -0.2) is 90.4 Å². The summed E-state index contributed by atoms with van der Waals surface area (Å²) < 4.78 is 33.2. The van der Waals surface area contributed by atoms with E-state index in [1.54, 1.807) is 9.80 Å². The van der Waals surface area contributed by atoms with E-state index in [1.807, 2.05) is 13.0 Å². The van der Waals surface area contributed by atoms with Crippen LogP contribution in [0.2, 0.25) is 0 Å². The largest absolute Gasteiger partial charge is 0.397 e. The molecule has 4 rings (SSSR count). The van der Waals surface area contributed by atoms with Crippen LogP contribution in [0, 0.1) is 5.92 Å². The number of amides is 2. The molecular formula is C23H34BrF2N5O3. The Labute approximate surface area is 207 Å². The number of hydrogen-bond donors (Lipinski definition) is 3. The second kappa shape index (κ2) is 10.5. The molecule has 0 saturated carbocycles. The van der Waals surface area contributed by atoms with E-state index in [4.69, 9.17) is 10.5 Å². The Kier molecular flexibility index (Phi) is 7.83. The molecule has 2 amide bonds. The highest BCUT2D eigenvalue weighted by molar-refractivity contribution is 9.09. The van der Waals surface area contributed by atoms with Gasteiger partial charge in [0.25, 0.3) is 11.8 Å². The lowest BCUT2D eigenvalue weighted by molar-refractivity contribution is -0.142. The number of carbonyl (C=O) groups is 2. The van der Waals surface area contributed by atoms with Gasteiger partial charge in [-0.15, -0.1) is 0 Å². The van der Waals surface area contributed by atoms with Gasteiger partial charge in [-0.05, 0) is 32.3 Å². The minimum absolute atomic E-state index is 0.0227. The number of halogens is 3. The van der Waals surface area contributed by atoms with Crippen molar-refractivity contribution >= 4 is 27.7 Å². The number of hydrogen-bond acceptors (Lipinski definition) is 6. The zero-order valence-electron chi connectivity index (χ0n) is 19.5. The van der Waals surface area contributed by atoms with Gasteiger partial charge in [-0.1, -0.05) is 15.9 Å². The molecule has 0 aromatic heterocycles. The molecule has 4 aliphatic rings. The molecule has 2 unspecified atom stereocenters. The van der Waals surface area contributed by atoms with Crippen LogP contribution in [0.3, 0.4) is 0 Å². The van der Waals surface area contributed by atoms with Gasteiger partial charge < -0.3 is 30.9 Å². The Morgan fingerprint density at radius 1 is 1.29 bits per heavy atom. The first-order valence-corrected chi connectivity index (χ1v) is 12.9. The minimum Gasteiger partial charge on any atom is -0.397 e. The Bertz CT molecular complexity index is 868. The quantitative estimate of drug-likeness (QED) is 0.461. The predicted octanol–water partition coefficient (Wildman–Crippen LogP) is 1.32. The van der Waals surface area contributed by atoms with Gasteiger partial charge in [-0.3, -0.25) is 9.59 Å². The van der Waals surface area contributed by atoms with E-state index in [2.05, 4.69) is 26.6 Å². The van der Waals surface area contributed by atoms with Gasteiger partial charge in [0.15, 0.2) is 0 Å². The van der Waals surface area contributed by atoms with Crippen molar-refractivity contribution in [1.29, 1.82) is 0 Å². The molecular weight excluding hydrogens is 512 g/mol. The van der Waals surface area contributed by atoms with Crippen LogP contribution in [0.15, 0.2) is 23.0 Å². The van der Waals surface area contributed by atoms with Crippen LogP contribution >= 0.6 is 15.9 Å². The van der Waals surface area contributed by atoms with E-state index in [1.165, 1.54) is 0 Å². The van der Waals surface area contributed by atoms with Crippen molar-refractivity contribution in [2.45, 2.75) is 55.5 Å². The lowest BCUT2D eigenvalue weighted by atomic mass is 9.93. The molecule has 3 aliphatic heterocycles. The fourth-order valence-electron chi connectivity index (χ4n) is 5.23. The Morgan fingerprint density at radius 2 is 2.09 bits per heavy atom. The third-order valence-corrected chi connectivity index (χ3v) is 7.47. The molecule has 11 heteroatoms. The van der Waals surface area contributed by atoms with Gasteiger partial charge >= 0.3 is 0 Å². The Hall–Kier alpha value is -1.72. The van der Waals surface area contributed by atoms with E-state index >= 15 is 0 Å². The number of nitrogens with zero attached hydrogens (tertiary/aromatic N) is 2. The first-order valence-electron chi connectivity index (χ1n) is 12.0. The second-order valence-electron chi connectivity index (χ2n) is 9.78. The SMILES string of the molecule is C[C@@H]1CN(C(=O)C2=C(N[C@@H]3CCCN(C(=O)C4CNCC(F)(F)C4)C3)C(N)=CC(Br)C2)CCO1.